The van der Waals surface area contributed by atoms with Crippen LogP contribution in [0.5, 0.6) is 5.75 Å². The minimum atomic E-state index is 0.613. The molecule has 7 heteroatoms. The zero-order valence-corrected chi connectivity index (χ0v) is 17.3. The lowest BCUT2D eigenvalue weighted by Gasteiger charge is -2.09. The average Bonchev–Trinajstić information content (AvgIpc) is 3.44. The van der Waals surface area contributed by atoms with Gasteiger partial charge in [0.1, 0.15) is 11.6 Å². The van der Waals surface area contributed by atoms with Gasteiger partial charge in [0, 0.05) is 48.1 Å². The lowest BCUT2D eigenvalue weighted by molar-refractivity contribution is 0.415. The van der Waals surface area contributed by atoms with Crippen LogP contribution in [0.4, 0.5) is 11.8 Å². The molecule has 7 nitrogen and oxygen atoms in total. The molecule has 0 unspecified atom stereocenters. The summed E-state index contributed by atoms with van der Waals surface area (Å²) in [5, 5.41) is 9.09. The molecule has 0 aliphatic heterocycles. The normalized spacial score (nSPS) is 11.1. The summed E-state index contributed by atoms with van der Waals surface area (Å²) in [6.45, 7) is 1.43. The fraction of sp³-hybridized carbons (Fsp3) is 0.167. The number of anilines is 2. The molecule has 0 amide bonds. The molecule has 0 bridgehead atoms. The Balaban J connectivity index is 1.19. The maximum Gasteiger partial charge on any atom is 0.224 e. The number of aromatic nitrogens is 4. The van der Waals surface area contributed by atoms with Crippen molar-refractivity contribution in [2.75, 3.05) is 24.3 Å². The second-order valence-electron chi connectivity index (χ2n) is 7.42. The van der Waals surface area contributed by atoms with Crippen LogP contribution in [0.2, 0.25) is 0 Å². The first-order chi connectivity index (χ1) is 15.3. The number of hydrogen-bond acceptors (Lipinski definition) is 5. The topological polar surface area (TPSA) is 90.6 Å². The highest BCUT2D eigenvalue weighted by Gasteiger charge is 2.06. The SMILES string of the molecule is COc1ccc2[nH]cc(CCNc3nccc(NCc4ccc5cc[nH]c5c4)n3)c2c1. The highest BCUT2D eigenvalue weighted by atomic mass is 16.5. The molecule has 31 heavy (non-hydrogen) atoms. The van der Waals surface area contributed by atoms with Gasteiger partial charge in [0.25, 0.3) is 0 Å². The van der Waals surface area contributed by atoms with Gasteiger partial charge in [0.05, 0.1) is 7.11 Å². The van der Waals surface area contributed by atoms with E-state index in [4.69, 9.17) is 4.74 Å². The Kier molecular flexibility index (Phi) is 5.14. The van der Waals surface area contributed by atoms with E-state index in [2.05, 4.69) is 60.9 Å². The van der Waals surface area contributed by atoms with Crippen molar-refractivity contribution >= 4 is 33.6 Å². The smallest absolute Gasteiger partial charge is 0.224 e. The first-order valence-corrected chi connectivity index (χ1v) is 10.3. The molecule has 4 N–H and O–H groups in total. The number of methoxy groups -OCH3 is 1. The van der Waals surface area contributed by atoms with Crippen LogP contribution >= 0.6 is 0 Å². The van der Waals surface area contributed by atoms with Crippen molar-refractivity contribution in [2.45, 2.75) is 13.0 Å². The number of H-pyrrole nitrogens is 2. The molecular weight excluding hydrogens is 388 g/mol. The molecule has 5 aromatic rings. The number of benzene rings is 2. The number of nitrogens with one attached hydrogen (secondary N) is 4. The van der Waals surface area contributed by atoms with Crippen molar-refractivity contribution in [2.24, 2.45) is 0 Å². The van der Waals surface area contributed by atoms with E-state index in [0.29, 0.717) is 12.5 Å². The Labute approximate surface area is 179 Å². The molecule has 156 valence electrons. The Morgan fingerprint density at radius 2 is 1.94 bits per heavy atom. The van der Waals surface area contributed by atoms with Crippen LogP contribution in [0.3, 0.4) is 0 Å². The van der Waals surface area contributed by atoms with Gasteiger partial charge in [-0.05, 0) is 59.3 Å². The minimum Gasteiger partial charge on any atom is -0.497 e. The van der Waals surface area contributed by atoms with E-state index in [9.17, 15) is 0 Å². The van der Waals surface area contributed by atoms with Crippen molar-refractivity contribution in [1.82, 2.24) is 19.9 Å². The van der Waals surface area contributed by atoms with E-state index in [1.807, 2.05) is 30.6 Å². The Morgan fingerprint density at radius 3 is 2.87 bits per heavy atom. The van der Waals surface area contributed by atoms with Crippen LogP contribution in [0.15, 0.2) is 67.1 Å². The Hall–Kier alpha value is -4.00. The van der Waals surface area contributed by atoms with E-state index in [0.717, 1.165) is 35.6 Å². The highest BCUT2D eigenvalue weighted by Crippen LogP contribution is 2.24. The number of ether oxygens (including phenoxy) is 1. The lowest BCUT2D eigenvalue weighted by Crippen LogP contribution is -2.09. The van der Waals surface area contributed by atoms with Gasteiger partial charge < -0.3 is 25.3 Å². The van der Waals surface area contributed by atoms with Crippen LogP contribution in [0, 0.1) is 0 Å². The maximum atomic E-state index is 5.35. The monoisotopic (exact) mass is 412 g/mol. The third-order valence-electron chi connectivity index (χ3n) is 5.40. The summed E-state index contributed by atoms with van der Waals surface area (Å²) in [4.78, 5) is 15.5. The second-order valence-corrected chi connectivity index (χ2v) is 7.42. The predicted octanol–water partition coefficient (Wildman–Crippen LogP) is 4.71. The number of aromatic amines is 2. The van der Waals surface area contributed by atoms with Crippen molar-refractivity contribution in [3.8, 4) is 5.75 Å². The highest BCUT2D eigenvalue weighted by molar-refractivity contribution is 5.84. The first-order valence-electron chi connectivity index (χ1n) is 10.3. The third-order valence-corrected chi connectivity index (χ3v) is 5.40. The quantitative estimate of drug-likeness (QED) is 0.296. The van der Waals surface area contributed by atoms with Crippen LogP contribution < -0.4 is 15.4 Å². The van der Waals surface area contributed by atoms with Gasteiger partial charge in [-0.25, -0.2) is 4.98 Å². The van der Waals surface area contributed by atoms with Gasteiger partial charge in [0.2, 0.25) is 5.95 Å². The summed E-state index contributed by atoms with van der Waals surface area (Å²) >= 11 is 0. The first kappa shape index (κ1) is 19.0. The summed E-state index contributed by atoms with van der Waals surface area (Å²) in [6.07, 6.45) is 6.62. The third kappa shape index (κ3) is 4.16. The lowest BCUT2D eigenvalue weighted by atomic mass is 10.1. The van der Waals surface area contributed by atoms with Crippen molar-refractivity contribution in [3.05, 3.63) is 78.2 Å². The number of nitrogens with zero attached hydrogens (tertiary/aromatic N) is 2. The number of rotatable bonds is 8. The van der Waals surface area contributed by atoms with Crippen LogP contribution in [-0.4, -0.2) is 33.6 Å². The van der Waals surface area contributed by atoms with E-state index in [-0.39, 0.29) is 0 Å². The van der Waals surface area contributed by atoms with E-state index < -0.39 is 0 Å². The van der Waals surface area contributed by atoms with Gasteiger partial charge in [0.15, 0.2) is 0 Å². The summed E-state index contributed by atoms with van der Waals surface area (Å²) in [6, 6.07) is 16.4. The molecule has 0 radical (unpaired) electrons. The molecule has 3 heterocycles. The van der Waals surface area contributed by atoms with Crippen molar-refractivity contribution < 1.29 is 4.74 Å². The van der Waals surface area contributed by atoms with E-state index in [1.54, 1.807) is 13.3 Å². The number of fused-ring (bicyclic) bond motifs is 2. The zero-order chi connectivity index (χ0) is 21.0. The zero-order valence-electron chi connectivity index (χ0n) is 17.3. The molecule has 3 aromatic heterocycles. The second kappa shape index (κ2) is 8.39. The number of hydrogen-bond donors (Lipinski definition) is 4. The molecule has 0 saturated heterocycles. The van der Waals surface area contributed by atoms with Crippen molar-refractivity contribution in [3.63, 3.8) is 0 Å². The molecule has 0 aliphatic rings. The van der Waals surface area contributed by atoms with Gasteiger partial charge >= 0.3 is 0 Å². The summed E-state index contributed by atoms with van der Waals surface area (Å²) in [7, 11) is 1.69. The summed E-state index contributed by atoms with van der Waals surface area (Å²) in [5.41, 5.74) is 4.67. The molecule has 2 aromatic carbocycles. The largest absolute Gasteiger partial charge is 0.497 e. The van der Waals surface area contributed by atoms with Crippen LogP contribution in [-0.2, 0) is 13.0 Å². The Morgan fingerprint density at radius 1 is 0.968 bits per heavy atom. The van der Waals surface area contributed by atoms with Crippen LogP contribution in [0.25, 0.3) is 21.8 Å². The summed E-state index contributed by atoms with van der Waals surface area (Å²) < 4.78 is 5.35. The Bertz CT molecular complexity index is 1320. The van der Waals surface area contributed by atoms with Gasteiger partial charge in [-0.15, -0.1) is 0 Å². The fourth-order valence-corrected chi connectivity index (χ4v) is 3.74. The predicted molar refractivity (Wildman–Crippen MR) is 125 cm³/mol. The molecule has 5 rings (SSSR count). The fourth-order valence-electron chi connectivity index (χ4n) is 3.74. The maximum absolute atomic E-state index is 5.35. The molecule has 0 spiro atoms. The van der Waals surface area contributed by atoms with Gasteiger partial charge in [-0.1, -0.05) is 12.1 Å². The van der Waals surface area contributed by atoms with E-state index in [1.165, 1.54) is 21.9 Å². The molecule has 0 fully saturated rings. The standard InChI is InChI=1S/C24H24N6O/c1-31-19-4-5-21-20(13-19)18(15-28-21)7-10-26-24-27-11-8-23(30-24)29-14-16-2-3-17-6-9-25-22(17)12-16/h2-6,8-9,11-13,15,25,28H,7,10,14H2,1H3,(H2,26,27,29,30). The minimum absolute atomic E-state index is 0.613. The molecule has 0 atom stereocenters. The van der Waals surface area contributed by atoms with Gasteiger partial charge in [-0.2, -0.15) is 4.98 Å². The molecule has 0 aliphatic carbocycles. The van der Waals surface area contributed by atoms with E-state index >= 15 is 0 Å². The van der Waals surface area contributed by atoms with Crippen LogP contribution in [0.1, 0.15) is 11.1 Å². The molecule has 0 saturated carbocycles. The van der Waals surface area contributed by atoms with Gasteiger partial charge in [-0.3, -0.25) is 0 Å². The average molecular weight is 412 g/mol. The van der Waals surface area contributed by atoms with Crippen molar-refractivity contribution in [1.29, 1.82) is 0 Å². The molecular formula is C24H24N6O. The summed E-state index contributed by atoms with van der Waals surface area (Å²) in [5.74, 6) is 2.27.